The number of hydrogen-bond acceptors (Lipinski definition) is 6. The maximum Gasteiger partial charge on any atom is 0.330 e. The lowest BCUT2D eigenvalue weighted by atomic mass is 9.96. The molecule has 3 atom stereocenters. The summed E-state index contributed by atoms with van der Waals surface area (Å²) in [5, 5.41) is -0.202. The lowest BCUT2D eigenvalue weighted by Gasteiger charge is -2.41. The second kappa shape index (κ2) is 6.16. The zero-order valence-electron chi connectivity index (χ0n) is 13.2. The van der Waals surface area contributed by atoms with E-state index in [2.05, 4.69) is 15.9 Å². The highest BCUT2D eigenvalue weighted by atomic mass is 79.9. The molecule has 8 heteroatoms. The minimum Gasteiger partial charge on any atom is -0.456 e. The number of esters is 1. The number of ether oxygens (including phenoxy) is 1. The van der Waals surface area contributed by atoms with Crippen LogP contribution in [-0.2, 0) is 14.3 Å². The number of thioether (sulfide) groups is 1. The van der Waals surface area contributed by atoms with Gasteiger partial charge in [-0.2, -0.15) is 0 Å². The van der Waals surface area contributed by atoms with E-state index in [0.717, 1.165) is 4.47 Å². The van der Waals surface area contributed by atoms with Crippen LogP contribution in [0.25, 0.3) is 0 Å². The Morgan fingerprint density at radius 2 is 1.96 bits per heavy atom. The molecule has 1 amide bonds. The molecule has 2 fully saturated rings. The number of halogens is 1. The molecule has 24 heavy (non-hydrogen) atoms. The number of benzene rings is 1. The minimum absolute atomic E-state index is 0.202. The molecule has 2 saturated heterocycles. The van der Waals surface area contributed by atoms with Gasteiger partial charge in [-0.05, 0) is 26.0 Å². The Balaban J connectivity index is 1.65. The number of fused-ring (bicyclic) bond motifs is 1. The van der Waals surface area contributed by atoms with Crippen molar-refractivity contribution in [3.63, 3.8) is 0 Å². The summed E-state index contributed by atoms with van der Waals surface area (Å²) in [6.45, 7) is 3.40. The fraction of sp³-hybridized carbons (Fsp3) is 0.438. The summed E-state index contributed by atoms with van der Waals surface area (Å²) >= 11 is 4.78. The zero-order valence-corrected chi connectivity index (χ0v) is 15.6. The lowest BCUT2D eigenvalue weighted by molar-refractivity contribution is -0.162. The highest BCUT2D eigenvalue weighted by molar-refractivity contribution is 9.10. The molecule has 0 saturated carbocycles. The summed E-state index contributed by atoms with van der Waals surface area (Å²) in [5.41, 5.74) is 6.24. The number of nitrogens with zero attached hydrogens (tertiary/aromatic N) is 1. The fourth-order valence-electron chi connectivity index (χ4n) is 2.96. The molecular formula is C16H17BrN2O4S. The van der Waals surface area contributed by atoms with E-state index in [1.807, 2.05) is 13.8 Å². The molecule has 128 valence electrons. The van der Waals surface area contributed by atoms with Gasteiger partial charge in [-0.3, -0.25) is 9.59 Å². The van der Waals surface area contributed by atoms with E-state index >= 15 is 0 Å². The number of carbonyl (C=O) groups is 3. The molecule has 2 aliphatic rings. The topological polar surface area (TPSA) is 89.7 Å². The monoisotopic (exact) mass is 412 g/mol. The molecule has 0 bridgehead atoms. The van der Waals surface area contributed by atoms with Crippen LogP contribution < -0.4 is 5.73 Å². The molecule has 1 aromatic rings. The van der Waals surface area contributed by atoms with Crippen molar-refractivity contribution in [2.45, 2.75) is 36.1 Å². The second-order valence-corrected chi connectivity index (χ2v) is 9.01. The average molecular weight is 413 g/mol. The van der Waals surface area contributed by atoms with Crippen LogP contribution in [0.5, 0.6) is 0 Å². The second-order valence-electron chi connectivity index (χ2n) is 6.32. The minimum atomic E-state index is -0.725. The molecule has 0 aliphatic carbocycles. The summed E-state index contributed by atoms with van der Waals surface area (Å²) in [4.78, 5) is 38.0. The third kappa shape index (κ3) is 2.87. The van der Waals surface area contributed by atoms with Crippen molar-refractivity contribution in [3.05, 3.63) is 34.3 Å². The smallest absolute Gasteiger partial charge is 0.330 e. The Labute approximate surface area is 152 Å². The molecule has 6 nitrogen and oxygen atoms in total. The number of rotatable bonds is 4. The first-order valence-corrected chi connectivity index (χ1v) is 9.10. The Hall–Kier alpha value is -1.38. The molecule has 0 aromatic heterocycles. The molecule has 0 spiro atoms. The van der Waals surface area contributed by atoms with Gasteiger partial charge in [-0.25, -0.2) is 4.79 Å². The predicted octanol–water partition coefficient (Wildman–Crippen LogP) is 1.56. The van der Waals surface area contributed by atoms with Gasteiger partial charge in [-0.1, -0.05) is 28.1 Å². The third-order valence-corrected chi connectivity index (χ3v) is 6.34. The fourth-order valence-corrected chi connectivity index (χ4v) is 4.78. The molecule has 1 unspecified atom stereocenters. The predicted molar refractivity (Wildman–Crippen MR) is 93.5 cm³/mol. The number of carbonyl (C=O) groups excluding carboxylic acids is 3. The van der Waals surface area contributed by atoms with Crippen LogP contribution in [0.1, 0.15) is 24.2 Å². The Bertz CT molecular complexity index is 707. The quantitative estimate of drug-likeness (QED) is 0.458. The van der Waals surface area contributed by atoms with E-state index in [9.17, 15) is 14.4 Å². The van der Waals surface area contributed by atoms with Crippen LogP contribution in [0.3, 0.4) is 0 Å². The average Bonchev–Trinajstić information content (AvgIpc) is 2.81. The van der Waals surface area contributed by atoms with Crippen molar-refractivity contribution in [2.75, 3.05) is 6.61 Å². The van der Waals surface area contributed by atoms with Crippen molar-refractivity contribution in [2.24, 2.45) is 5.73 Å². The van der Waals surface area contributed by atoms with Crippen molar-refractivity contribution >= 4 is 45.4 Å². The summed E-state index contributed by atoms with van der Waals surface area (Å²) in [6, 6.07) is 5.51. The number of β-lactam (4-membered cyclic amide) rings is 1. The standard InChI is InChI=1S/C16H17BrN2O4S/c1-16(2)12(19-13(21)11(18)14(19)24-16)15(22)23-7-10(20)8-3-5-9(17)6-4-8/h3-6,11-12,14H,7,18H2,1-2H3/t11?,12-,14+/m0/s1. The van der Waals surface area contributed by atoms with Crippen molar-refractivity contribution in [1.82, 2.24) is 4.90 Å². The first-order chi connectivity index (χ1) is 11.2. The van der Waals surface area contributed by atoms with Crippen molar-refractivity contribution in [1.29, 1.82) is 0 Å². The SMILES string of the molecule is CC1(C)S[C@@H]2C(N)C(=O)N2[C@H]1C(=O)OCC(=O)c1ccc(Br)cc1. The summed E-state index contributed by atoms with van der Waals surface area (Å²) < 4.78 is 5.55. The van der Waals surface area contributed by atoms with Gasteiger partial charge in [0.15, 0.2) is 12.4 Å². The Kier molecular flexibility index (Phi) is 4.48. The van der Waals surface area contributed by atoms with Crippen molar-refractivity contribution < 1.29 is 19.1 Å². The number of amides is 1. The molecule has 0 radical (unpaired) electrons. The van der Waals surface area contributed by atoms with E-state index in [1.165, 1.54) is 16.7 Å². The summed E-state index contributed by atoms with van der Waals surface area (Å²) in [7, 11) is 0. The first kappa shape index (κ1) is 17.4. The molecular weight excluding hydrogens is 396 g/mol. The van der Waals surface area contributed by atoms with E-state index in [-0.39, 0.29) is 23.7 Å². The summed E-state index contributed by atoms with van der Waals surface area (Å²) in [6.07, 6.45) is 0. The van der Waals surface area contributed by atoms with Gasteiger partial charge in [0.1, 0.15) is 17.5 Å². The number of nitrogens with two attached hydrogens (primary N) is 1. The van der Waals surface area contributed by atoms with Crippen LogP contribution in [0.2, 0.25) is 0 Å². The highest BCUT2D eigenvalue weighted by Crippen LogP contribution is 2.50. The van der Waals surface area contributed by atoms with Gasteiger partial charge in [-0.15, -0.1) is 11.8 Å². The van der Waals surface area contributed by atoms with E-state index < -0.39 is 22.8 Å². The Morgan fingerprint density at radius 1 is 1.33 bits per heavy atom. The number of hydrogen-bond donors (Lipinski definition) is 1. The van der Waals surface area contributed by atoms with E-state index in [0.29, 0.717) is 5.56 Å². The van der Waals surface area contributed by atoms with Gasteiger partial charge >= 0.3 is 5.97 Å². The molecule has 2 N–H and O–H groups in total. The van der Waals surface area contributed by atoms with Crippen LogP contribution in [0.4, 0.5) is 0 Å². The van der Waals surface area contributed by atoms with Gasteiger partial charge < -0.3 is 15.4 Å². The first-order valence-electron chi connectivity index (χ1n) is 7.43. The third-order valence-electron chi connectivity index (χ3n) is 4.22. The molecule has 2 aliphatic heterocycles. The van der Waals surface area contributed by atoms with Crippen LogP contribution in [0.15, 0.2) is 28.7 Å². The van der Waals surface area contributed by atoms with Crippen molar-refractivity contribution in [3.8, 4) is 0 Å². The van der Waals surface area contributed by atoms with Gasteiger partial charge in [0.2, 0.25) is 5.91 Å². The molecule has 2 heterocycles. The largest absolute Gasteiger partial charge is 0.456 e. The molecule has 3 rings (SSSR count). The van der Waals surface area contributed by atoms with Crippen LogP contribution >= 0.6 is 27.7 Å². The van der Waals surface area contributed by atoms with Crippen LogP contribution in [-0.4, -0.2) is 51.4 Å². The Morgan fingerprint density at radius 3 is 2.58 bits per heavy atom. The normalized spacial score (nSPS) is 27.4. The van der Waals surface area contributed by atoms with Gasteiger partial charge in [0, 0.05) is 14.8 Å². The van der Waals surface area contributed by atoms with E-state index in [1.54, 1.807) is 24.3 Å². The molecule has 1 aromatic carbocycles. The summed E-state index contributed by atoms with van der Waals surface area (Å²) in [5.74, 6) is -1.11. The lowest BCUT2D eigenvalue weighted by Crippen LogP contribution is -2.68. The van der Waals surface area contributed by atoms with E-state index in [4.69, 9.17) is 10.5 Å². The van der Waals surface area contributed by atoms with Crippen LogP contribution in [0, 0.1) is 0 Å². The van der Waals surface area contributed by atoms with Gasteiger partial charge in [0.25, 0.3) is 0 Å². The number of ketones is 1. The maximum absolute atomic E-state index is 12.5. The van der Waals surface area contributed by atoms with Gasteiger partial charge in [0.05, 0.1) is 0 Å². The highest BCUT2D eigenvalue weighted by Gasteiger charge is 2.63. The number of Topliss-reactive ketones (excluding diaryl/α,β-unsaturated/α-hetero) is 1. The maximum atomic E-state index is 12.5. The zero-order chi connectivity index (χ0) is 17.6.